The molecule has 2 aromatic carbocycles. The van der Waals surface area contributed by atoms with Crippen LogP contribution in [0.3, 0.4) is 0 Å². The van der Waals surface area contributed by atoms with Crippen molar-refractivity contribution in [1.29, 1.82) is 0 Å². The van der Waals surface area contributed by atoms with Gasteiger partial charge in [0.1, 0.15) is 5.92 Å². The van der Waals surface area contributed by atoms with Crippen molar-refractivity contribution in [2.75, 3.05) is 12.1 Å². The number of anilines is 1. The number of H-pyrrole nitrogens is 1. The number of aromatic amines is 1. The number of carbonyl (C=O) groups excluding carboxylic acids is 2. The molecule has 0 saturated heterocycles. The van der Waals surface area contributed by atoms with Crippen LogP contribution in [-0.4, -0.2) is 34.6 Å². The van der Waals surface area contributed by atoms with E-state index in [2.05, 4.69) is 25.8 Å². The highest BCUT2D eigenvalue weighted by Gasteiger charge is 2.37. The molecular weight excluding hydrogens is 374 g/mol. The van der Waals surface area contributed by atoms with Crippen molar-refractivity contribution in [3.05, 3.63) is 48.2 Å². The van der Waals surface area contributed by atoms with Crippen molar-refractivity contribution < 1.29 is 19.1 Å². The summed E-state index contributed by atoms with van der Waals surface area (Å²) in [5, 5.41) is 13.5. The van der Waals surface area contributed by atoms with Gasteiger partial charge in [-0.1, -0.05) is 6.07 Å². The summed E-state index contributed by atoms with van der Waals surface area (Å²) in [5.74, 6) is 0.280. The minimum Gasteiger partial charge on any atom is -0.454 e. The third-order valence-corrected chi connectivity index (χ3v) is 5.09. The average Bonchev–Trinajstić information content (AvgIpc) is 3.35. The topological polar surface area (TPSA) is 118 Å². The summed E-state index contributed by atoms with van der Waals surface area (Å²) in [7, 11) is 0. The molecule has 3 heterocycles. The largest absolute Gasteiger partial charge is 0.454 e. The lowest BCUT2D eigenvalue weighted by Crippen LogP contribution is -2.45. The SMILES string of the molecule is CC1=NC(=O)NC(c2ccc3c(c2)OCO3)C1C(=O)Nc1ccc2[nH]ncc2c1. The van der Waals surface area contributed by atoms with Crippen LogP contribution in [-0.2, 0) is 4.79 Å². The third-order valence-electron chi connectivity index (χ3n) is 5.09. The van der Waals surface area contributed by atoms with Gasteiger partial charge in [-0.2, -0.15) is 5.10 Å². The van der Waals surface area contributed by atoms with E-state index in [0.29, 0.717) is 22.9 Å². The Bertz CT molecular complexity index is 1170. The molecule has 0 saturated carbocycles. The maximum Gasteiger partial charge on any atom is 0.341 e. The number of fused-ring (bicyclic) bond motifs is 2. The Morgan fingerprint density at radius 1 is 1.17 bits per heavy atom. The first-order chi connectivity index (χ1) is 14.1. The van der Waals surface area contributed by atoms with Crippen molar-refractivity contribution in [2.24, 2.45) is 10.9 Å². The predicted octanol–water partition coefficient (Wildman–Crippen LogP) is 2.77. The molecule has 0 spiro atoms. The molecule has 3 aromatic rings. The molecule has 2 aliphatic heterocycles. The van der Waals surface area contributed by atoms with Crippen molar-refractivity contribution >= 4 is 34.2 Å². The minimum atomic E-state index is -0.673. The first-order valence-corrected chi connectivity index (χ1v) is 9.08. The third kappa shape index (κ3) is 3.06. The van der Waals surface area contributed by atoms with Gasteiger partial charge in [-0.05, 0) is 42.8 Å². The molecule has 0 bridgehead atoms. The second-order valence-corrected chi connectivity index (χ2v) is 6.93. The van der Waals surface area contributed by atoms with Crippen LogP contribution in [0.25, 0.3) is 10.9 Å². The number of ether oxygens (including phenoxy) is 2. The summed E-state index contributed by atoms with van der Waals surface area (Å²) < 4.78 is 10.8. The number of nitrogens with zero attached hydrogens (tertiary/aromatic N) is 2. The van der Waals surface area contributed by atoms with Gasteiger partial charge in [0.05, 0.1) is 17.8 Å². The van der Waals surface area contributed by atoms with Crippen LogP contribution in [0.4, 0.5) is 10.5 Å². The summed E-state index contributed by atoms with van der Waals surface area (Å²) in [4.78, 5) is 29.1. The van der Waals surface area contributed by atoms with E-state index in [1.807, 2.05) is 18.2 Å². The fourth-order valence-electron chi connectivity index (χ4n) is 3.68. The van der Waals surface area contributed by atoms with E-state index in [4.69, 9.17) is 9.47 Å². The lowest BCUT2D eigenvalue weighted by Gasteiger charge is -2.30. The van der Waals surface area contributed by atoms with Gasteiger partial charge in [-0.15, -0.1) is 0 Å². The van der Waals surface area contributed by atoms with E-state index in [1.54, 1.807) is 31.3 Å². The molecule has 29 heavy (non-hydrogen) atoms. The van der Waals surface area contributed by atoms with Crippen molar-refractivity contribution in [2.45, 2.75) is 13.0 Å². The van der Waals surface area contributed by atoms with Gasteiger partial charge in [0.2, 0.25) is 12.7 Å². The number of urea groups is 1. The number of benzene rings is 2. The summed E-state index contributed by atoms with van der Waals surface area (Å²) >= 11 is 0. The van der Waals surface area contributed by atoms with Gasteiger partial charge in [-0.25, -0.2) is 9.79 Å². The molecule has 9 nitrogen and oxygen atoms in total. The second kappa shape index (κ2) is 6.62. The quantitative estimate of drug-likeness (QED) is 0.635. The van der Waals surface area contributed by atoms with Crippen LogP contribution in [0.5, 0.6) is 11.5 Å². The number of rotatable bonds is 3. The van der Waals surface area contributed by atoms with E-state index >= 15 is 0 Å². The number of aromatic nitrogens is 2. The molecule has 0 aliphatic carbocycles. The number of carbonyl (C=O) groups is 2. The molecule has 146 valence electrons. The highest BCUT2D eigenvalue weighted by molar-refractivity contribution is 6.13. The molecule has 3 N–H and O–H groups in total. The van der Waals surface area contributed by atoms with E-state index in [-0.39, 0.29) is 12.7 Å². The minimum absolute atomic E-state index is 0.150. The molecule has 5 rings (SSSR count). The Labute approximate surface area is 165 Å². The molecule has 0 radical (unpaired) electrons. The fraction of sp³-hybridized carbons (Fsp3) is 0.200. The van der Waals surface area contributed by atoms with Crippen LogP contribution in [0.2, 0.25) is 0 Å². The summed E-state index contributed by atoms with van der Waals surface area (Å²) in [5.41, 5.74) is 2.70. The van der Waals surface area contributed by atoms with Crippen molar-refractivity contribution in [3.63, 3.8) is 0 Å². The van der Waals surface area contributed by atoms with Crippen LogP contribution in [0.1, 0.15) is 18.5 Å². The Hall–Kier alpha value is -3.88. The van der Waals surface area contributed by atoms with Crippen molar-refractivity contribution in [1.82, 2.24) is 15.5 Å². The summed E-state index contributed by atoms with van der Waals surface area (Å²) in [6, 6.07) is 9.78. The fourth-order valence-corrected chi connectivity index (χ4v) is 3.68. The van der Waals surface area contributed by atoms with E-state index < -0.39 is 18.0 Å². The molecule has 1 aromatic heterocycles. The first-order valence-electron chi connectivity index (χ1n) is 9.08. The van der Waals surface area contributed by atoms with E-state index in [0.717, 1.165) is 16.5 Å². The van der Waals surface area contributed by atoms with E-state index in [9.17, 15) is 9.59 Å². The maximum absolute atomic E-state index is 13.2. The molecular formula is C20H17N5O4. The first kappa shape index (κ1) is 17.2. The highest BCUT2D eigenvalue weighted by atomic mass is 16.7. The molecule has 3 amide bonds. The van der Waals surface area contributed by atoms with Gasteiger partial charge >= 0.3 is 6.03 Å². The standard InChI is InChI=1S/C20H17N5O4/c1-10-17(19(26)23-13-3-4-14-12(6-13)8-21-25-14)18(24-20(27)22-10)11-2-5-15-16(7-11)29-9-28-15/h2-8,17-18H,9H2,1H3,(H,21,25)(H,23,26)(H,24,27). The number of aliphatic imine (C=N–C) groups is 1. The Morgan fingerprint density at radius 3 is 2.93 bits per heavy atom. The van der Waals surface area contributed by atoms with Gasteiger partial charge in [0.25, 0.3) is 0 Å². The highest BCUT2D eigenvalue weighted by Crippen LogP contribution is 2.37. The van der Waals surface area contributed by atoms with Crippen LogP contribution in [0.15, 0.2) is 47.6 Å². The summed E-state index contributed by atoms with van der Waals surface area (Å²) in [6.45, 7) is 1.83. The Balaban J connectivity index is 1.46. The van der Waals surface area contributed by atoms with Crippen molar-refractivity contribution in [3.8, 4) is 11.5 Å². The normalized spacial score (nSPS) is 20.3. The number of hydrogen-bond donors (Lipinski definition) is 3. The van der Waals surface area contributed by atoms with Crippen LogP contribution < -0.4 is 20.1 Å². The monoisotopic (exact) mass is 391 g/mol. The van der Waals surface area contributed by atoms with E-state index in [1.165, 1.54) is 0 Å². The zero-order chi connectivity index (χ0) is 20.0. The zero-order valence-corrected chi connectivity index (χ0v) is 15.4. The molecule has 2 atom stereocenters. The zero-order valence-electron chi connectivity index (χ0n) is 15.4. The summed E-state index contributed by atoms with van der Waals surface area (Å²) in [6.07, 6.45) is 1.69. The van der Waals surface area contributed by atoms with Gasteiger partial charge < -0.3 is 20.1 Å². The van der Waals surface area contributed by atoms with Gasteiger partial charge in [0.15, 0.2) is 11.5 Å². The van der Waals surface area contributed by atoms with Crippen LogP contribution in [0, 0.1) is 5.92 Å². The number of nitrogens with one attached hydrogen (secondary N) is 3. The van der Waals surface area contributed by atoms with Gasteiger partial charge in [0, 0.05) is 16.8 Å². The Morgan fingerprint density at radius 2 is 2.03 bits per heavy atom. The Kier molecular flexibility index (Phi) is 3.94. The second-order valence-electron chi connectivity index (χ2n) is 6.93. The maximum atomic E-state index is 13.2. The number of amides is 3. The molecule has 2 aliphatic rings. The van der Waals surface area contributed by atoms with Gasteiger partial charge in [-0.3, -0.25) is 9.89 Å². The average molecular weight is 391 g/mol. The smallest absolute Gasteiger partial charge is 0.341 e. The molecule has 9 heteroatoms. The number of hydrogen-bond acceptors (Lipinski definition) is 5. The lowest BCUT2D eigenvalue weighted by molar-refractivity contribution is -0.118. The molecule has 0 fully saturated rings. The lowest BCUT2D eigenvalue weighted by atomic mass is 9.87. The molecule has 2 unspecified atom stereocenters. The van der Waals surface area contributed by atoms with Crippen LogP contribution >= 0.6 is 0 Å². The predicted molar refractivity (Wildman–Crippen MR) is 105 cm³/mol.